The molecule has 1 heterocycles. The number of piperidine rings is 1. The lowest BCUT2D eigenvalue weighted by molar-refractivity contribution is -0.139. The highest BCUT2D eigenvalue weighted by Crippen LogP contribution is 2.39. The molecule has 0 saturated carbocycles. The van der Waals surface area contributed by atoms with Crippen molar-refractivity contribution < 1.29 is 22.8 Å². The lowest BCUT2D eigenvalue weighted by Gasteiger charge is -2.36. The monoisotopic (exact) mass is 399 g/mol. The SMILES string of the molecule is CC(C)(N)C(=O)N1CCC(c2ccc(C(=O)N=C(N)N)cc2C(F)(F)F)CC1. The fraction of sp³-hybridized carbons (Fsp3) is 0.500. The maximum absolute atomic E-state index is 13.6. The molecule has 0 unspecified atom stereocenters. The molecule has 0 aromatic heterocycles. The number of hydrogen-bond acceptors (Lipinski definition) is 3. The minimum absolute atomic E-state index is 0.0906. The number of nitrogens with two attached hydrogens (primary N) is 3. The molecule has 1 aliphatic heterocycles. The average molecular weight is 399 g/mol. The first kappa shape index (κ1) is 21.7. The Morgan fingerprint density at radius 3 is 2.18 bits per heavy atom. The average Bonchev–Trinajstić information content (AvgIpc) is 2.58. The molecule has 154 valence electrons. The highest BCUT2D eigenvalue weighted by Gasteiger charge is 2.38. The first-order chi connectivity index (χ1) is 12.8. The molecular weight excluding hydrogens is 375 g/mol. The minimum Gasteiger partial charge on any atom is -0.370 e. The summed E-state index contributed by atoms with van der Waals surface area (Å²) in [6.45, 7) is 3.82. The van der Waals surface area contributed by atoms with Gasteiger partial charge in [0.15, 0.2) is 5.96 Å². The fourth-order valence-electron chi connectivity index (χ4n) is 3.27. The quantitative estimate of drug-likeness (QED) is 0.525. The summed E-state index contributed by atoms with van der Waals surface area (Å²) < 4.78 is 40.8. The van der Waals surface area contributed by atoms with Crippen LogP contribution in [0.15, 0.2) is 23.2 Å². The molecule has 0 bridgehead atoms. The number of halogens is 3. The van der Waals surface area contributed by atoms with Crippen molar-refractivity contribution in [2.75, 3.05) is 13.1 Å². The normalized spacial score (nSPS) is 16.0. The summed E-state index contributed by atoms with van der Waals surface area (Å²) >= 11 is 0. The molecule has 6 N–H and O–H groups in total. The Balaban J connectivity index is 2.28. The van der Waals surface area contributed by atoms with Gasteiger partial charge < -0.3 is 22.1 Å². The smallest absolute Gasteiger partial charge is 0.370 e. The number of carbonyl (C=O) groups excluding carboxylic acids is 2. The van der Waals surface area contributed by atoms with Crippen molar-refractivity contribution in [1.82, 2.24) is 4.90 Å². The van der Waals surface area contributed by atoms with E-state index in [0.29, 0.717) is 25.9 Å². The van der Waals surface area contributed by atoms with Crippen LogP contribution < -0.4 is 17.2 Å². The molecule has 28 heavy (non-hydrogen) atoms. The van der Waals surface area contributed by atoms with Crippen LogP contribution in [0.1, 0.15) is 54.1 Å². The molecule has 1 saturated heterocycles. The predicted octanol–water partition coefficient (Wildman–Crippen LogP) is 1.56. The summed E-state index contributed by atoms with van der Waals surface area (Å²) in [7, 11) is 0. The number of aliphatic imine (C=N–C) groups is 1. The Hall–Kier alpha value is -2.62. The summed E-state index contributed by atoms with van der Waals surface area (Å²) in [6, 6.07) is 3.33. The Labute approximate surface area is 160 Å². The van der Waals surface area contributed by atoms with Crippen LogP contribution >= 0.6 is 0 Å². The second-order valence-corrected chi connectivity index (χ2v) is 7.43. The van der Waals surface area contributed by atoms with E-state index in [-0.39, 0.29) is 17.0 Å². The first-order valence-corrected chi connectivity index (χ1v) is 8.74. The third kappa shape index (κ3) is 5.00. The van der Waals surface area contributed by atoms with E-state index < -0.39 is 35.1 Å². The second-order valence-electron chi connectivity index (χ2n) is 7.43. The maximum atomic E-state index is 13.6. The van der Waals surface area contributed by atoms with E-state index in [4.69, 9.17) is 17.2 Å². The number of carbonyl (C=O) groups is 2. The predicted molar refractivity (Wildman–Crippen MR) is 98.4 cm³/mol. The number of amides is 2. The minimum atomic E-state index is -4.64. The number of benzene rings is 1. The molecule has 1 aromatic rings. The van der Waals surface area contributed by atoms with E-state index in [2.05, 4.69) is 4.99 Å². The molecule has 0 radical (unpaired) electrons. The van der Waals surface area contributed by atoms with Gasteiger partial charge in [0.2, 0.25) is 5.91 Å². The number of alkyl halides is 3. The summed E-state index contributed by atoms with van der Waals surface area (Å²) in [5.41, 5.74) is 14.0. The zero-order valence-electron chi connectivity index (χ0n) is 15.7. The van der Waals surface area contributed by atoms with E-state index in [9.17, 15) is 22.8 Å². The zero-order chi connectivity index (χ0) is 21.3. The molecule has 1 aromatic carbocycles. The number of guanidine groups is 1. The van der Waals surface area contributed by atoms with Crippen molar-refractivity contribution >= 4 is 17.8 Å². The van der Waals surface area contributed by atoms with Crippen molar-refractivity contribution in [3.8, 4) is 0 Å². The van der Waals surface area contributed by atoms with Crippen LogP contribution in [-0.4, -0.2) is 41.3 Å². The van der Waals surface area contributed by atoms with Gasteiger partial charge in [-0.2, -0.15) is 18.2 Å². The fourth-order valence-corrected chi connectivity index (χ4v) is 3.27. The molecule has 10 heteroatoms. The van der Waals surface area contributed by atoms with Gasteiger partial charge in [-0.3, -0.25) is 9.59 Å². The van der Waals surface area contributed by atoms with Crippen molar-refractivity contribution in [1.29, 1.82) is 0 Å². The standard InChI is InChI=1S/C18H24F3N5O2/c1-17(2,24)15(28)26-7-5-10(6-8-26)12-4-3-11(14(27)25-16(22)23)9-13(12)18(19,20)21/h3-4,9-10H,5-8,24H2,1-2H3,(H4,22,23,25,27). The third-order valence-electron chi connectivity index (χ3n) is 4.61. The molecule has 1 aliphatic rings. The molecular formula is C18H24F3N5O2. The number of likely N-dealkylation sites (tertiary alicyclic amines) is 1. The Bertz CT molecular complexity index is 787. The molecule has 7 nitrogen and oxygen atoms in total. The van der Waals surface area contributed by atoms with Gasteiger partial charge in [0.25, 0.3) is 5.91 Å². The van der Waals surface area contributed by atoms with Crippen molar-refractivity contribution in [2.24, 2.45) is 22.2 Å². The van der Waals surface area contributed by atoms with Gasteiger partial charge in [0, 0.05) is 18.7 Å². The Morgan fingerprint density at radius 2 is 1.71 bits per heavy atom. The van der Waals surface area contributed by atoms with Crippen LogP contribution in [0.4, 0.5) is 13.2 Å². The van der Waals surface area contributed by atoms with Crippen LogP contribution in [-0.2, 0) is 11.0 Å². The van der Waals surface area contributed by atoms with Crippen LogP contribution in [0.25, 0.3) is 0 Å². The highest BCUT2D eigenvalue weighted by atomic mass is 19.4. The maximum Gasteiger partial charge on any atom is 0.416 e. The third-order valence-corrected chi connectivity index (χ3v) is 4.61. The summed E-state index contributed by atoms with van der Waals surface area (Å²) in [5.74, 6) is -2.10. The number of nitrogens with zero attached hydrogens (tertiary/aromatic N) is 2. The van der Waals surface area contributed by atoms with Gasteiger partial charge in [-0.1, -0.05) is 6.07 Å². The highest BCUT2D eigenvalue weighted by molar-refractivity contribution is 6.02. The van der Waals surface area contributed by atoms with Gasteiger partial charge in [-0.15, -0.1) is 0 Å². The van der Waals surface area contributed by atoms with Gasteiger partial charge in [0.05, 0.1) is 11.1 Å². The summed E-state index contributed by atoms with van der Waals surface area (Å²) in [4.78, 5) is 29.0. The second kappa shape index (κ2) is 7.78. The molecule has 0 spiro atoms. The summed E-state index contributed by atoms with van der Waals surface area (Å²) in [5, 5.41) is 0. The van der Waals surface area contributed by atoms with Gasteiger partial charge >= 0.3 is 6.18 Å². The van der Waals surface area contributed by atoms with Gasteiger partial charge in [0.1, 0.15) is 0 Å². The molecule has 0 atom stereocenters. The van der Waals surface area contributed by atoms with Crippen molar-refractivity contribution in [2.45, 2.75) is 44.3 Å². The van der Waals surface area contributed by atoms with Gasteiger partial charge in [-0.05, 0) is 50.3 Å². The van der Waals surface area contributed by atoms with E-state index in [1.165, 1.54) is 12.1 Å². The lowest BCUT2D eigenvalue weighted by atomic mass is 9.85. The molecule has 0 aliphatic carbocycles. The Kier molecular flexibility index (Phi) is 6.03. The van der Waals surface area contributed by atoms with E-state index in [1.807, 2.05) is 0 Å². The number of hydrogen-bond donors (Lipinski definition) is 3. The van der Waals surface area contributed by atoms with Gasteiger partial charge in [-0.25, -0.2) is 0 Å². The zero-order valence-corrected chi connectivity index (χ0v) is 15.7. The largest absolute Gasteiger partial charge is 0.416 e. The van der Waals surface area contributed by atoms with Crippen LogP contribution in [0.5, 0.6) is 0 Å². The van der Waals surface area contributed by atoms with Crippen molar-refractivity contribution in [3.05, 3.63) is 34.9 Å². The van der Waals surface area contributed by atoms with E-state index >= 15 is 0 Å². The lowest BCUT2D eigenvalue weighted by Crippen LogP contribution is -2.53. The van der Waals surface area contributed by atoms with Crippen LogP contribution in [0.2, 0.25) is 0 Å². The van der Waals surface area contributed by atoms with E-state index in [1.54, 1.807) is 18.7 Å². The van der Waals surface area contributed by atoms with Crippen molar-refractivity contribution in [3.63, 3.8) is 0 Å². The summed E-state index contributed by atoms with van der Waals surface area (Å²) in [6.07, 6.45) is -3.91. The van der Waals surface area contributed by atoms with E-state index in [0.717, 1.165) is 6.07 Å². The molecule has 2 amide bonds. The topological polar surface area (TPSA) is 128 Å². The van der Waals surface area contributed by atoms with Crippen LogP contribution in [0, 0.1) is 0 Å². The Morgan fingerprint density at radius 1 is 1.14 bits per heavy atom. The van der Waals surface area contributed by atoms with Crippen LogP contribution in [0.3, 0.4) is 0 Å². The molecule has 2 rings (SSSR count). The number of rotatable bonds is 3. The first-order valence-electron chi connectivity index (χ1n) is 8.74. The molecule has 1 fully saturated rings.